The second-order valence-corrected chi connectivity index (χ2v) is 6.60. The normalized spacial score (nSPS) is 16.0. The van der Waals surface area contributed by atoms with Crippen molar-refractivity contribution >= 4 is 11.9 Å². The highest BCUT2D eigenvalue weighted by Crippen LogP contribution is 2.22. The van der Waals surface area contributed by atoms with E-state index in [9.17, 15) is 9.59 Å². The van der Waals surface area contributed by atoms with Crippen molar-refractivity contribution in [3.63, 3.8) is 0 Å². The molecule has 0 bridgehead atoms. The van der Waals surface area contributed by atoms with Gasteiger partial charge in [-0.15, -0.1) is 5.10 Å². The average molecular weight is 357 g/mol. The molecular weight excluding hydrogens is 334 g/mol. The van der Waals surface area contributed by atoms with Crippen LogP contribution < -0.4 is 5.32 Å². The summed E-state index contributed by atoms with van der Waals surface area (Å²) >= 11 is 0. The van der Waals surface area contributed by atoms with Crippen LogP contribution in [0.2, 0.25) is 0 Å². The van der Waals surface area contributed by atoms with Crippen molar-refractivity contribution in [2.24, 2.45) is 5.92 Å². The maximum Gasteiger partial charge on any atom is 0.338 e. The van der Waals surface area contributed by atoms with Crippen molar-refractivity contribution in [2.75, 3.05) is 6.54 Å². The average Bonchev–Trinajstić information content (AvgIpc) is 3.21. The molecule has 1 amide bonds. The molecule has 0 spiro atoms. The molecule has 1 heterocycles. The van der Waals surface area contributed by atoms with Gasteiger partial charge >= 0.3 is 5.97 Å². The van der Waals surface area contributed by atoms with Crippen LogP contribution in [0.3, 0.4) is 0 Å². The van der Waals surface area contributed by atoms with Crippen LogP contribution in [-0.4, -0.2) is 44.7 Å². The number of hydrogen-bond donors (Lipinski definition) is 1. The zero-order valence-corrected chi connectivity index (χ0v) is 14.8. The number of nitrogens with zero attached hydrogens (tertiary/aromatic N) is 4. The number of tetrazole rings is 1. The molecule has 2 aromatic rings. The molecule has 0 aliphatic heterocycles. The van der Waals surface area contributed by atoms with Gasteiger partial charge in [0.05, 0.1) is 11.3 Å². The van der Waals surface area contributed by atoms with Crippen LogP contribution in [0.25, 0.3) is 5.69 Å². The zero-order valence-electron chi connectivity index (χ0n) is 14.8. The molecule has 0 saturated heterocycles. The summed E-state index contributed by atoms with van der Waals surface area (Å²) in [4.78, 5) is 24.4. The molecule has 1 N–H and O–H groups in total. The lowest BCUT2D eigenvalue weighted by molar-refractivity contribution is -0.129. The summed E-state index contributed by atoms with van der Waals surface area (Å²) in [5.41, 5.74) is 1.10. The van der Waals surface area contributed by atoms with E-state index < -0.39 is 12.1 Å². The molecule has 8 heteroatoms. The standard InChI is InChI=1S/C18H23N5O3/c1-13(17(24)19-11-14-5-3-2-4-6-14)26-18(25)15-7-9-16(10-8-15)23-12-20-21-22-23/h7-10,12-14H,2-6,11H2,1H3,(H,19,24)/t13-/m0/s1. The Morgan fingerprint density at radius 2 is 1.96 bits per heavy atom. The summed E-state index contributed by atoms with van der Waals surface area (Å²) in [6.45, 7) is 2.24. The van der Waals surface area contributed by atoms with Crippen LogP contribution in [0.4, 0.5) is 0 Å². The monoisotopic (exact) mass is 357 g/mol. The first kappa shape index (κ1) is 18.0. The largest absolute Gasteiger partial charge is 0.449 e. The predicted octanol–water partition coefficient (Wildman–Crippen LogP) is 1.90. The molecule has 0 radical (unpaired) electrons. The Morgan fingerprint density at radius 3 is 2.62 bits per heavy atom. The second-order valence-electron chi connectivity index (χ2n) is 6.60. The summed E-state index contributed by atoms with van der Waals surface area (Å²) in [5, 5.41) is 13.8. The highest BCUT2D eigenvalue weighted by Gasteiger charge is 2.21. The summed E-state index contributed by atoms with van der Waals surface area (Å²) < 4.78 is 6.75. The Kier molecular flexibility index (Phi) is 5.93. The predicted molar refractivity (Wildman–Crippen MR) is 93.6 cm³/mol. The molecule has 1 aromatic heterocycles. The van der Waals surface area contributed by atoms with Crippen LogP contribution in [0, 0.1) is 5.92 Å². The topological polar surface area (TPSA) is 99.0 Å². The molecule has 3 rings (SSSR count). The van der Waals surface area contributed by atoms with Crippen molar-refractivity contribution in [1.82, 2.24) is 25.5 Å². The van der Waals surface area contributed by atoms with E-state index >= 15 is 0 Å². The van der Waals surface area contributed by atoms with Crippen molar-refractivity contribution in [3.05, 3.63) is 36.2 Å². The number of aromatic nitrogens is 4. The number of ether oxygens (including phenoxy) is 1. The molecule has 0 unspecified atom stereocenters. The first-order valence-corrected chi connectivity index (χ1v) is 8.95. The van der Waals surface area contributed by atoms with E-state index in [1.165, 1.54) is 30.3 Å². The van der Waals surface area contributed by atoms with Crippen LogP contribution >= 0.6 is 0 Å². The molecule has 1 saturated carbocycles. The lowest BCUT2D eigenvalue weighted by atomic mass is 9.89. The van der Waals surface area contributed by atoms with Crippen LogP contribution in [0.15, 0.2) is 30.6 Å². The fourth-order valence-corrected chi connectivity index (χ4v) is 3.09. The SMILES string of the molecule is C[C@H](OC(=O)c1ccc(-n2cnnn2)cc1)C(=O)NCC1CCCCC1. The van der Waals surface area contributed by atoms with Crippen LogP contribution in [-0.2, 0) is 9.53 Å². The summed E-state index contributed by atoms with van der Waals surface area (Å²) in [5.74, 6) is -0.253. The number of nitrogens with one attached hydrogen (secondary N) is 1. The number of esters is 1. The van der Waals surface area contributed by atoms with E-state index in [2.05, 4.69) is 20.8 Å². The van der Waals surface area contributed by atoms with Gasteiger partial charge < -0.3 is 10.1 Å². The maximum absolute atomic E-state index is 12.2. The first-order valence-electron chi connectivity index (χ1n) is 8.95. The zero-order chi connectivity index (χ0) is 18.4. The Bertz CT molecular complexity index is 724. The summed E-state index contributed by atoms with van der Waals surface area (Å²) in [6.07, 6.45) is 6.68. The second kappa shape index (κ2) is 8.55. The van der Waals surface area contributed by atoms with Crippen LogP contribution in [0.1, 0.15) is 49.4 Å². The third-order valence-electron chi connectivity index (χ3n) is 4.66. The lowest BCUT2D eigenvalue weighted by Gasteiger charge is -2.22. The molecule has 1 aliphatic carbocycles. The molecule has 1 aliphatic rings. The Morgan fingerprint density at radius 1 is 1.23 bits per heavy atom. The maximum atomic E-state index is 12.2. The van der Waals surface area contributed by atoms with Crippen molar-refractivity contribution in [2.45, 2.75) is 45.1 Å². The van der Waals surface area contributed by atoms with Gasteiger partial charge in [0.25, 0.3) is 5.91 Å². The molecule has 1 atom stereocenters. The smallest absolute Gasteiger partial charge is 0.338 e. The number of carbonyl (C=O) groups excluding carboxylic acids is 2. The quantitative estimate of drug-likeness (QED) is 0.793. The van der Waals surface area contributed by atoms with Gasteiger partial charge in [-0.3, -0.25) is 4.79 Å². The van der Waals surface area contributed by atoms with E-state index in [-0.39, 0.29) is 5.91 Å². The first-order chi connectivity index (χ1) is 12.6. The van der Waals surface area contributed by atoms with Crippen molar-refractivity contribution in [3.8, 4) is 5.69 Å². The fourth-order valence-electron chi connectivity index (χ4n) is 3.09. The molecular formula is C18H23N5O3. The molecule has 1 fully saturated rings. The number of carbonyl (C=O) groups is 2. The number of rotatable bonds is 6. The van der Waals surface area contributed by atoms with Gasteiger partial charge in [0.15, 0.2) is 6.10 Å². The van der Waals surface area contributed by atoms with Crippen molar-refractivity contribution < 1.29 is 14.3 Å². The highest BCUT2D eigenvalue weighted by atomic mass is 16.5. The minimum Gasteiger partial charge on any atom is -0.449 e. The molecule has 8 nitrogen and oxygen atoms in total. The number of amides is 1. The Hall–Kier alpha value is -2.77. The van der Waals surface area contributed by atoms with E-state index in [0.29, 0.717) is 18.0 Å². The third-order valence-corrected chi connectivity index (χ3v) is 4.66. The summed E-state index contributed by atoms with van der Waals surface area (Å²) in [6, 6.07) is 6.65. The van der Waals surface area contributed by atoms with Gasteiger partial charge in [-0.05, 0) is 60.4 Å². The number of hydrogen-bond acceptors (Lipinski definition) is 6. The third kappa shape index (κ3) is 4.65. The summed E-state index contributed by atoms with van der Waals surface area (Å²) in [7, 11) is 0. The van der Waals surface area contributed by atoms with Gasteiger partial charge in [0.2, 0.25) is 0 Å². The Labute approximate surface area is 151 Å². The van der Waals surface area contributed by atoms with Gasteiger partial charge in [0.1, 0.15) is 6.33 Å². The van der Waals surface area contributed by atoms with E-state index in [1.807, 2.05) is 0 Å². The molecule has 138 valence electrons. The molecule has 26 heavy (non-hydrogen) atoms. The fraction of sp³-hybridized carbons (Fsp3) is 0.500. The Balaban J connectivity index is 1.49. The molecule has 1 aromatic carbocycles. The minimum absolute atomic E-state index is 0.255. The van der Waals surface area contributed by atoms with Gasteiger partial charge in [-0.1, -0.05) is 19.3 Å². The highest BCUT2D eigenvalue weighted by molar-refractivity contribution is 5.92. The lowest BCUT2D eigenvalue weighted by Crippen LogP contribution is -2.38. The van der Waals surface area contributed by atoms with Gasteiger partial charge in [0, 0.05) is 6.54 Å². The van der Waals surface area contributed by atoms with Crippen molar-refractivity contribution in [1.29, 1.82) is 0 Å². The van der Waals surface area contributed by atoms with Crippen LogP contribution in [0.5, 0.6) is 0 Å². The van der Waals surface area contributed by atoms with Gasteiger partial charge in [-0.2, -0.15) is 0 Å². The minimum atomic E-state index is -0.828. The van der Waals surface area contributed by atoms with E-state index in [0.717, 1.165) is 18.5 Å². The van der Waals surface area contributed by atoms with E-state index in [4.69, 9.17) is 4.74 Å². The van der Waals surface area contributed by atoms with E-state index in [1.54, 1.807) is 31.2 Å². The van der Waals surface area contributed by atoms with Gasteiger partial charge in [-0.25, -0.2) is 9.48 Å². The number of benzene rings is 1.